The standard InChI is InChI=1S/C17H21N3O2S/c1-3-5-12-22-14-9-6-13(7-10-14)8-11-15(21)18-17-20-19-16(4-2)23-17/h6-11H,3-5,12H2,1-2H3,(H,18,20,21)/b11-8+. The average Bonchev–Trinajstić information content (AvgIpc) is 3.02. The number of hydrogen-bond donors (Lipinski definition) is 1. The van der Waals surface area contributed by atoms with Crippen LogP contribution in [-0.2, 0) is 11.2 Å². The zero-order valence-corrected chi connectivity index (χ0v) is 14.2. The number of unbranched alkanes of at least 4 members (excludes halogenated alkanes) is 1. The summed E-state index contributed by atoms with van der Waals surface area (Å²) < 4.78 is 5.60. The predicted molar refractivity (Wildman–Crippen MR) is 93.8 cm³/mol. The normalized spacial score (nSPS) is 10.9. The third kappa shape index (κ3) is 5.83. The molecule has 2 aromatic rings. The molecule has 0 unspecified atom stereocenters. The minimum Gasteiger partial charge on any atom is -0.494 e. The maximum absolute atomic E-state index is 11.8. The van der Waals surface area contributed by atoms with Gasteiger partial charge in [-0.25, -0.2) is 0 Å². The SMILES string of the molecule is CCCCOc1ccc(/C=C/C(=O)Nc2nnc(CC)s2)cc1. The topological polar surface area (TPSA) is 64.1 Å². The van der Waals surface area contributed by atoms with E-state index >= 15 is 0 Å². The fourth-order valence-corrected chi connectivity index (χ4v) is 2.46. The number of ether oxygens (including phenoxy) is 1. The van der Waals surface area contributed by atoms with Gasteiger partial charge in [-0.05, 0) is 36.6 Å². The van der Waals surface area contributed by atoms with Crippen molar-refractivity contribution in [3.63, 3.8) is 0 Å². The number of rotatable bonds is 8. The molecule has 122 valence electrons. The molecule has 0 saturated heterocycles. The lowest BCUT2D eigenvalue weighted by Crippen LogP contribution is -2.07. The molecule has 6 heteroatoms. The van der Waals surface area contributed by atoms with Crippen LogP contribution in [0.1, 0.15) is 37.3 Å². The van der Waals surface area contributed by atoms with Crippen LogP contribution in [0.15, 0.2) is 30.3 Å². The summed E-state index contributed by atoms with van der Waals surface area (Å²) in [5, 5.41) is 12.0. The molecule has 0 aliphatic carbocycles. The lowest BCUT2D eigenvalue weighted by Gasteiger charge is -2.04. The molecule has 0 radical (unpaired) electrons. The number of benzene rings is 1. The van der Waals surface area contributed by atoms with Crippen molar-refractivity contribution in [3.05, 3.63) is 40.9 Å². The van der Waals surface area contributed by atoms with Gasteiger partial charge in [0.15, 0.2) is 0 Å². The summed E-state index contributed by atoms with van der Waals surface area (Å²) in [6.45, 7) is 4.87. The highest BCUT2D eigenvalue weighted by molar-refractivity contribution is 7.15. The number of carbonyl (C=O) groups excluding carboxylic acids is 1. The molecule has 23 heavy (non-hydrogen) atoms. The first kappa shape index (κ1) is 17.1. The summed E-state index contributed by atoms with van der Waals surface area (Å²) in [5.41, 5.74) is 0.939. The summed E-state index contributed by atoms with van der Waals surface area (Å²) >= 11 is 1.39. The van der Waals surface area contributed by atoms with Crippen molar-refractivity contribution in [2.45, 2.75) is 33.1 Å². The Balaban J connectivity index is 1.85. The molecule has 0 bridgehead atoms. The lowest BCUT2D eigenvalue weighted by molar-refractivity contribution is -0.111. The Bertz CT molecular complexity index is 650. The van der Waals surface area contributed by atoms with E-state index < -0.39 is 0 Å². The van der Waals surface area contributed by atoms with Gasteiger partial charge in [-0.15, -0.1) is 10.2 Å². The molecule has 0 atom stereocenters. The molecule has 1 aromatic heterocycles. The molecular weight excluding hydrogens is 310 g/mol. The zero-order valence-electron chi connectivity index (χ0n) is 13.4. The third-order valence-electron chi connectivity index (χ3n) is 3.07. The fraction of sp³-hybridized carbons (Fsp3) is 0.353. The van der Waals surface area contributed by atoms with Gasteiger partial charge in [-0.3, -0.25) is 10.1 Å². The molecule has 0 fully saturated rings. The Morgan fingerprint density at radius 3 is 2.70 bits per heavy atom. The van der Waals surface area contributed by atoms with E-state index in [4.69, 9.17) is 4.74 Å². The van der Waals surface area contributed by atoms with Crippen molar-refractivity contribution in [3.8, 4) is 5.75 Å². The van der Waals surface area contributed by atoms with Crippen LogP contribution in [0.5, 0.6) is 5.75 Å². The molecule has 0 spiro atoms. The summed E-state index contributed by atoms with van der Waals surface area (Å²) in [7, 11) is 0. The highest BCUT2D eigenvalue weighted by Gasteiger charge is 2.04. The molecule has 0 aliphatic rings. The van der Waals surface area contributed by atoms with Crippen molar-refractivity contribution >= 4 is 28.5 Å². The maximum Gasteiger partial charge on any atom is 0.250 e. The summed E-state index contributed by atoms with van der Waals surface area (Å²) in [6.07, 6.45) is 6.22. The van der Waals surface area contributed by atoms with Gasteiger partial charge in [0.1, 0.15) is 10.8 Å². The highest BCUT2D eigenvalue weighted by Crippen LogP contribution is 2.16. The fourth-order valence-electron chi connectivity index (χ4n) is 1.78. The number of anilines is 1. The van der Waals surface area contributed by atoms with Crippen molar-refractivity contribution in [2.75, 3.05) is 11.9 Å². The van der Waals surface area contributed by atoms with E-state index in [0.717, 1.165) is 42.2 Å². The van der Waals surface area contributed by atoms with Crippen LogP contribution < -0.4 is 10.1 Å². The van der Waals surface area contributed by atoms with Crippen molar-refractivity contribution in [2.24, 2.45) is 0 Å². The zero-order chi connectivity index (χ0) is 16.5. The van der Waals surface area contributed by atoms with Crippen LogP contribution in [-0.4, -0.2) is 22.7 Å². The van der Waals surface area contributed by atoms with Gasteiger partial charge < -0.3 is 4.74 Å². The van der Waals surface area contributed by atoms with E-state index in [1.54, 1.807) is 6.08 Å². The molecular formula is C17H21N3O2S. The molecule has 2 rings (SSSR count). The first-order valence-electron chi connectivity index (χ1n) is 7.75. The van der Waals surface area contributed by atoms with Gasteiger partial charge in [-0.2, -0.15) is 0 Å². The Hall–Kier alpha value is -2.21. The monoisotopic (exact) mass is 331 g/mol. The first-order chi connectivity index (χ1) is 11.2. The second kappa shape index (κ2) is 9.05. The van der Waals surface area contributed by atoms with Gasteiger partial charge >= 0.3 is 0 Å². The van der Waals surface area contributed by atoms with Crippen molar-refractivity contribution in [1.82, 2.24) is 10.2 Å². The smallest absolute Gasteiger partial charge is 0.250 e. The number of carbonyl (C=O) groups is 1. The van der Waals surface area contributed by atoms with Gasteiger partial charge in [0, 0.05) is 6.08 Å². The van der Waals surface area contributed by atoms with Crippen LogP contribution >= 0.6 is 11.3 Å². The highest BCUT2D eigenvalue weighted by atomic mass is 32.1. The number of nitrogens with one attached hydrogen (secondary N) is 1. The second-order valence-corrected chi connectivity index (χ2v) is 6.01. The summed E-state index contributed by atoms with van der Waals surface area (Å²) in [4.78, 5) is 11.8. The Morgan fingerprint density at radius 1 is 1.26 bits per heavy atom. The molecule has 1 heterocycles. The Kier molecular flexibility index (Phi) is 6.75. The van der Waals surface area contributed by atoms with Gasteiger partial charge in [0.05, 0.1) is 6.61 Å². The van der Waals surface area contributed by atoms with E-state index in [-0.39, 0.29) is 5.91 Å². The largest absolute Gasteiger partial charge is 0.494 e. The Labute approximate surface area is 140 Å². The van der Waals surface area contributed by atoms with E-state index in [0.29, 0.717) is 5.13 Å². The van der Waals surface area contributed by atoms with Crippen LogP contribution in [0.3, 0.4) is 0 Å². The maximum atomic E-state index is 11.8. The van der Waals surface area contributed by atoms with E-state index in [1.807, 2.05) is 31.2 Å². The van der Waals surface area contributed by atoms with Gasteiger partial charge in [0.2, 0.25) is 11.0 Å². The van der Waals surface area contributed by atoms with Crippen molar-refractivity contribution < 1.29 is 9.53 Å². The van der Waals surface area contributed by atoms with Crippen LogP contribution in [0.2, 0.25) is 0 Å². The van der Waals surface area contributed by atoms with Gasteiger partial charge in [-0.1, -0.05) is 43.7 Å². The third-order valence-corrected chi connectivity index (χ3v) is 4.06. The van der Waals surface area contributed by atoms with Crippen LogP contribution in [0.4, 0.5) is 5.13 Å². The number of hydrogen-bond acceptors (Lipinski definition) is 5. The molecule has 0 saturated carbocycles. The summed E-state index contributed by atoms with van der Waals surface area (Å²) in [6, 6.07) is 7.66. The number of aryl methyl sites for hydroxylation is 1. The number of nitrogens with zero attached hydrogens (tertiary/aromatic N) is 2. The molecule has 1 aromatic carbocycles. The molecule has 1 amide bonds. The Morgan fingerprint density at radius 2 is 2.04 bits per heavy atom. The first-order valence-corrected chi connectivity index (χ1v) is 8.57. The van der Waals surface area contributed by atoms with Crippen LogP contribution in [0.25, 0.3) is 6.08 Å². The minimum absolute atomic E-state index is 0.216. The molecule has 5 nitrogen and oxygen atoms in total. The summed E-state index contributed by atoms with van der Waals surface area (Å²) in [5.74, 6) is 0.632. The van der Waals surface area contributed by atoms with Crippen molar-refractivity contribution in [1.29, 1.82) is 0 Å². The molecule has 1 N–H and O–H groups in total. The quantitative estimate of drug-likeness (QED) is 0.588. The van der Waals surface area contributed by atoms with Crippen LogP contribution in [0, 0.1) is 0 Å². The van der Waals surface area contributed by atoms with E-state index in [1.165, 1.54) is 17.4 Å². The average molecular weight is 331 g/mol. The minimum atomic E-state index is -0.216. The second-order valence-electron chi connectivity index (χ2n) is 4.95. The predicted octanol–water partition coefficient (Wildman–Crippen LogP) is 3.93. The molecule has 0 aliphatic heterocycles. The van der Waals surface area contributed by atoms with E-state index in [9.17, 15) is 4.79 Å². The lowest BCUT2D eigenvalue weighted by atomic mass is 10.2. The van der Waals surface area contributed by atoms with E-state index in [2.05, 4.69) is 22.4 Å². The number of aromatic nitrogens is 2. The van der Waals surface area contributed by atoms with Gasteiger partial charge in [0.25, 0.3) is 0 Å². The number of amides is 1.